The van der Waals surface area contributed by atoms with Crippen LogP contribution in [0.5, 0.6) is 0 Å². The molecule has 1 aromatic carbocycles. The minimum atomic E-state index is -4.14. The number of alkyl halides is 3. The van der Waals surface area contributed by atoms with Gasteiger partial charge in [-0.3, -0.25) is 9.69 Å². The third kappa shape index (κ3) is 5.71. The molecule has 1 aliphatic rings. The van der Waals surface area contributed by atoms with Gasteiger partial charge in [0.2, 0.25) is 5.91 Å². The van der Waals surface area contributed by atoms with Crippen LogP contribution in [0.25, 0.3) is 10.9 Å². The highest BCUT2D eigenvalue weighted by molar-refractivity contribution is 6.01. The average molecular weight is 383 g/mol. The maximum Gasteiger partial charge on any atom is 0.401 e. The monoisotopic (exact) mass is 383 g/mol. The number of fused-ring (bicyclic) bond motifs is 1. The van der Waals surface area contributed by atoms with Gasteiger partial charge in [0, 0.05) is 37.1 Å². The van der Waals surface area contributed by atoms with Gasteiger partial charge >= 0.3 is 6.18 Å². The molecule has 0 aliphatic carbocycles. The molecule has 1 saturated heterocycles. The molecule has 1 aromatic heterocycles. The number of hydrogen-bond acceptors (Lipinski definition) is 3. The number of nitrogens with one attached hydrogen (secondary N) is 2. The molecule has 2 aromatic rings. The van der Waals surface area contributed by atoms with Gasteiger partial charge in [0.1, 0.15) is 0 Å². The predicted molar refractivity (Wildman–Crippen MR) is 97.8 cm³/mol. The van der Waals surface area contributed by atoms with Crippen molar-refractivity contribution < 1.29 is 22.7 Å². The second kappa shape index (κ2) is 8.31. The topological polar surface area (TPSA) is 57.4 Å². The number of aromatic amines is 1. The van der Waals surface area contributed by atoms with Crippen LogP contribution < -0.4 is 5.32 Å². The molecule has 0 radical (unpaired) electrons. The van der Waals surface area contributed by atoms with Crippen LogP contribution in [0.2, 0.25) is 0 Å². The van der Waals surface area contributed by atoms with Gasteiger partial charge in [-0.25, -0.2) is 0 Å². The van der Waals surface area contributed by atoms with Crippen molar-refractivity contribution in [3.8, 4) is 0 Å². The molecule has 1 amide bonds. The number of rotatable bonds is 6. The number of piperidine rings is 1. The van der Waals surface area contributed by atoms with Gasteiger partial charge in [0.05, 0.1) is 24.9 Å². The van der Waals surface area contributed by atoms with Crippen molar-refractivity contribution in [2.75, 3.05) is 31.6 Å². The van der Waals surface area contributed by atoms with Crippen molar-refractivity contribution in [1.82, 2.24) is 9.88 Å². The summed E-state index contributed by atoms with van der Waals surface area (Å²) in [5, 5.41) is 3.74. The number of nitrogens with zero attached hydrogens (tertiary/aromatic N) is 1. The van der Waals surface area contributed by atoms with Gasteiger partial charge in [0.25, 0.3) is 0 Å². The van der Waals surface area contributed by atoms with E-state index in [1.54, 1.807) is 6.20 Å². The van der Waals surface area contributed by atoms with Crippen LogP contribution in [0.3, 0.4) is 0 Å². The molecule has 148 valence electrons. The van der Waals surface area contributed by atoms with Crippen LogP contribution in [0.1, 0.15) is 25.3 Å². The molecule has 2 heterocycles. The van der Waals surface area contributed by atoms with E-state index in [0.717, 1.165) is 22.2 Å². The predicted octanol–water partition coefficient (Wildman–Crippen LogP) is 3.71. The lowest BCUT2D eigenvalue weighted by Crippen LogP contribution is -2.42. The number of benzene rings is 1. The number of likely N-dealkylation sites (tertiary alicyclic amines) is 1. The van der Waals surface area contributed by atoms with Gasteiger partial charge in [-0.2, -0.15) is 13.2 Å². The van der Waals surface area contributed by atoms with E-state index in [9.17, 15) is 18.0 Å². The van der Waals surface area contributed by atoms with E-state index in [2.05, 4.69) is 10.3 Å². The number of H-pyrrole nitrogens is 1. The fraction of sp³-hybridized carbons (Fsp3) is 0.526. The fourth-order valence-electron chi connectivity index (χ4n) is 3.45. The second-order valence-corrected chi connectivity index (χ2v) is 6.97. The van der Waals surface area contributed by atoms with Crippen LogP contribution in [-0.2, 0) is 16.0 Å². The highest BCUT2D eigenvalue weighted by Gasteiger charge is 2.32. The molecule has 3 rings (SSSR count). The van der Waals surface area contributed by atoms with Gasteiger partial charge in [-0.05, 0) is 37.0 Å². The number of hydrogen-bond donors (Lipinski definition) is 2. The molecule has 0 saturated carbocycles. The van der Waals surface area contributed by atoms with Crippen LogP contribution in [0.4, 0.5) is 18.9 Å². The molecule has 0 unspecified atom stereocenters. The molecule has 27 heavy (non-hydrogen) atoms. The van der Waals surface area contributed by atoms with Crippen molar-refractivity contribution in [2.24, 2.45) is 0 Å². The lowest BCUT2D eigenvalue weighted by Gasteiger charge is -2.32. The Bertz CT molecular complexity index is 780. The first-order valence-corrected chi connectivity index (χ1v) is 9.08. The summed E-state index contributed by atoms with van der Waals surface area (Å²) >= 11 is 0. The summed E-state index contributed by atoms with van der Waals surface area (Å²) in [6, 6.07) is 5.99. The first-order chi connectivity index (χ1) is 12.8. The fourth-order valence-corrected chi connectivity index (χ4v) is 3.45. The summed E-state index contributed by atoms with van der Waals surface area (Å²) in [4.78, 5) is 15.8. The maximum absolute atomic E-state index is 12.4. The average Bonchev–Trinajstić information content (AvgIpc) is 2.97. The van der Waals surface area contributed by atoms with Crippen LogP contribution in [0, 0.1) is 0 Å². The van der Waals surface area contributed by atoms with Crippen molar-refractivity contribution in [1.29, 1.82) is 0 Å². The lowest BCUT2D eigenvalue weighted by atomic mass is 10.1. The van der Waals surface area contributed by atoms with E-state index in [-0.39, 0.29) is 12.0 Å². The first-order valence-electron chi connectivity index (χ1n) is 9.08. The number of amides is 1. The smallest absolute Gasteiger partial charge is 0.378 e. The van der Waals surface area contributed by atoms with Gasteiger partial charge in [-0.1, -0.05) is 6.07 Å². The quantitative estimate of drug-likeness (QED) is 0.800. The molecule has 8 heteroatoms. The standard InChI is InChI=1S/C19H24F3N3O2/c1-13(26)24-18-11-23-17-3-2-14(10-16(17)18)6-9-27-15-4-7-25(8-5-15)12-19(20,21)22/h2-3,10-11,15,23H,4-9,12H2,1H3,(H,24,26). The number of aromatic nitrogens is 1. The number of halogens is 3. The lowest BCUT2D eigenvalue weighted by molar-refractivity contribution is -0.151. The number of carbonyl (C=O) groups is 1. The van der Waals surface area contributed by atoms with Crippen molar-refractivity contribution in [3.63, 3.8) is 0 Å². The largest absolute Gasteiger partial charge is 0.401 e. The third-order valence-electron chi connectivity index (χ3n) is 4.74. The Balaban J connectivity index is 1.47. The molecular weight excluding hydrogens is 359 g/mol. The Hall–Kier alpha value is -2.06. The highest BCUT2D eigenvalue weighted by atomic mass is 19.4. The van der Waals surface area contributed by atoms with E-state index in [1.165, 1.54) is 11.8 Å². The summed E-state index contributed by atoms with van der Waals surface area (Å²) < 4.78 is 43.1. The summed E-state index contributed by atoms with van der Waals surface area (Å²) in [5.41, 5.74) is 2.78. The molecule has 2 N–H and O–H groups in total. The Labute approximate surface area is 155 Å². The Morgan fingerprint density at radius 3 is 2.74 bits per heavy atom. The minimum absolute atomic E-state index is 0.0143. The summed E-state index contributed by atoms with van der Waals surface area (Å²) in [7, 11) is 0. The summed E-state index contributed by atoms with van der Waals surface area (Å²) in [5.74, 6) is -0.124. The molecular formula is C19H24F3N3O2. The second-order valence-electron chi connectivity index (χ2n) is 6.97. The van der Waals surface area contributed by atoms with Crippen molar-refractivity contribution >= 4 is 22.5 Å². The van der Waals surface area contributed by atoms with Crippen LogP contribution in [-0.4, -0.2) is 54.3 Å². The molecule has 5 nitrogen and oxygen atoms in total. The minimum Gasteiger partial charge on any atom is -0.378 e. The maximum atomic E-state index is 12.4. The first kappa shape index (κ1) is 19.7. The van der Waals surface area contributed by atoms with E-state index in [1.807, 2.05) is 18.2 Å². The van der Waals surface area contributed by atoms with Gasteiger partial charge < -0.3 is 15.0 Å². The normalized spacial score (nSPS) is 16.7. The zero-order valence-corrected chi connectivity index (χ0v) is 15.2. The summed E-state index contributed by atoms with van der Waals surface area (Å²) in [6.07, 6.45) is -0.398. The zero-order chi connectivity index (χ0) is 19.4. The Kier molecular flexibility index (Phi) is 6.06. The van der Waals surface area contributed by atoms with Crippen molar-refractivity contribution in [2.45, 2.75) is 38.5 Å². The van der Waals surface area contributed by atoms with Gasteiger partial charge in [0.15, 0.2) is 0 Å². The number of anilines is 1. The Morgan fingerprint density at radius 1 is 1.33 bits per heavy atom. The van der Waals surface area contributed by atoms with E-state index < -0.39 is 12.7 Å². The molecule has 0 atom stereocenters. The zero-order valence-electron chi connectivity index (χ0n) is 15.2. The molecule has 1 fully saturated rings. The molecule has 0 spiro atoms. The van der Waals surface area contributed by atoms with Crippen LogP contribution in [0.15, 0.2) is 24.4 Å². The Morgan fingerprint density at radius 2 is 2.07 bits per heavy atom. The van der Waals surface area contributed by atoms with Gasteiger partial charge in [-0.15, -0.1) is 0 Å². The summed E-state index contributed by atoms with van der Waals surface area (Å²) in [6.45, 7) is 1.98. The van der Waals surface area contributed by atoms with E-state index in [0.29, 0.717) is 39.0 Å². The third-order valence-corrected chi connectivity index (χ3v) is 4.74. The molecule has 0 bridgehead atoms. The van der Waals surface area contributed by atoms with E-state index >= 15 is 0 Å². The number of carbonyl (C=O) groups excluding carboxylic acids is 1. The van der Waals surface area contributed by atoms with E-state index in [4.69, 9.17) is 4.74 Å². The van der Waals surface area contributed by atoms with Crippen LogP contribution >= 0.6 is 0 Å². The highest BCUT2D eigenvalue weighted by Crippen LogP contribution is 2.25. The number of ether oxygens (including phenoxy) is 1. The van der Waals surface area contributed by atoms with Crippen molar-refractivity contribution in [3.05, 3.63) is 30.0 Å². The molecule has 1 aliphatic heterocycles. The SMILES string of the molecule is CC(=O)Nc1c[nH]c2ccc(CCOC3CCN(CC(F)(F)F)CC3)cc12.